The number of hydrogen-bond donors (Lipinski definition) is 0. The zero-order chi connectivity index (χ0) is 37.0. The molecular weight excluding hydrogens is 681 g/mol. The molecule has 0 aliphatic heterocycles. The van der Waals surface area contributed by atoms with E-state index in [0.29, 0.717) is 5.95 Å². The third-order valence-corrected chi connectivity index (χ3v) is 12.1. The van der Waals surface area contributed by atoms with Crippen LogP contribution in [0.3, 0.4) is 0 Å². The van der Waals surface area contributed by atoms with Crippen molar-refractivity contribution in [3.05, 3.63) is 182 Å². The fourth-order valence-electron chi connectivity index (χ4n) is 9.20. The molecule has 268 valence electrons. The summed E-state index contributed by atoms with van der Waals surface area (Å²) in [5.41, 5.74) is 14.2. The van der Waals surface area contributed by atoms with Crippen LogP contribution in [0.25, 0.3) is 88.6 Å². The number of aromatic nitrogens is 4. The molecule has 0 unspecified atom stereocenters. The first kappa shape index (κ1) is 32.6. The highest BCUT2D eigenvalue weighted by Gasteiger charge is 2.18. The lowest BCUT2D eigenvalue weighted by Crippen LogP contribution is -2.04. The molecule has 56 heavy (non-hydrogen) atoms. The van der Waals surface area contributed by atoms with E-state index in [-0.39, 0.29) is 0 Å². The molecule has 11 rings (SSSR count). The van der Waals surface area contributed by atoms with Gasteiger partial charge in [0.15, 0.2) is 0 Å². The third-order valence-electron chi connectivity index (χ3n) is 12.1. The van der Waals surface area contributed by atoms with Crippen molar-refractivity contribution in [2.45, 2.75) is 38.0 Å². The zero-order valence-corrected chi connectivity index (χ0v) is 31.1. The van der Waals surface area contributed by atoms with Crippen LogP contribution >= 0.6 is 0 Å². The Labute approximate surface area is 326 Å². The van der Waals surface area contributed by atoms with Crippen LogP contribution in [0.4, 0.5) is 0 Å². The number of nitrogens with zero attached hydrogens (tertiary/aromatic N) is 4. The van der Waals surface area contributed by atoms with Gasteiger partial charge in [0.05, 0.1) is 22.1 Å². The van der Waals surface area contributed by atoms with Gasteiger partial charge in [-0.2, -0.15) is 0 Å². The van der Waals surface area contributed by atoms with E-state index in [2.05, 4.69) is 173 Å². The topological polar surface area (TPSA) is 35.6 Å². The Morgan fingerprint density at radius 1 is 0.375 bits per heavy atom. The average Bonchev–Trinajstić information content (AvgIpc) is 3.79. The molecule has 0 amide bonds. The van der Waals surface area contributed by atoms with E-state index in [1.165, 1.54) is 98.2 Å². The van der Waals surface area contributed by atoms with E-state index >= 15 is 0 Å². The van der Waals surface area contributed by atoms with Gasteiger partial charge in [-0.05, 0) is 101 Å². The summed E-state index contributed by atoms with van der Waals surface area (Å²) in [6.45, 7) is 0. The fourth-order valence-corrected chi connectivity index (χ4v) is 9.20. The Hall–Kier alpha value is -6.78. The lowest BCUT2D eigenvalue weighted by molar-refractivity contribution is 0.443. The Bertz CT molecular complexity index is 3020. The van der Waals surface area contributed by atoms with Crippen LogP contribution in [0.5, 0.6) is 0 Å². The van der Waals surface area contributed by atoms with E-state index in [1.54, 1.807) is 0 Å². The second kappa shape index (κ2) is 13.5. The summed E-state index contributed by atoms with van der Waals surface area (Å²) in [5, 5.41) is 4.86. The Kier molecular flexibility index (Phi) is 7.87. The molecule has 3 aromatic heterocycles. The highest BCUT2D eigenvalue weighted by Crippen LogP contribution is 2.38. The van der Waals surface area contributed by atoms with Gasteiger partial charge in [-0.3, -0.25) is 4.57 Å². The molecule has 1 aliphatic rings. The average molecular weight is 721 g/mol. The van der Waals surface area contributed by atoms with Gasteiger partial charge in [-0.15, -0.1) is 0 Å². The largest absolute Gasteiger partial charge is 0.309 e. The molecule has 4 heteroatoms. The van der Waals surface area contributed by atoms with Crippen molar-refractivity contribution in [3.8, 4) is 45.0 Å². The van der Waals surface area contributed by atoms with E-state index in [0.717, 1.165) is 28.1 Å². The maximum absolute atomic E-state index is 4.95. The van der Waals surface area contributed by atoms with E-state index in [9.17, 15) is 0 Å². The molecule has 0 spiro atoms. The molecular formula is C52H40N4. The molecule has 1 fully saturated rings. The first-order chi connectivity index (χ1) is 27.8. The maximum atomic E-state index is 4.95. The van der Waals surface area contributed by atoms with Crippen molar-refractivity contribution in [1.29, 1.82) is 0 Å². The minimum atomic E-state index is 0.664. The van der Waals surface area contributed by atoms with Gasteiger partial charge in [-0.25, -0.2) is 9.97 Å². The second-order valence-electron chi connectivity index (χ2n) is 15.3. The minimum absolute atomic E-state index is 0.664. The lowest BCUT2D eigenvalue weighted by Gasteiger charge is -2.22. The van der Waals surface area contributed by atoms with Crippen molar-refractivity contribution >= 4 is 43.6 Å². The fraction of sp³-hybridized carbons (Fsp3) is 0.115. The summed E-state index contributed by atoms with van der Waals surface area (Å²) in [6, 6.07) is 59.6. The monoisotopic (exact) mass is 720 g/mol. The van der Waals surface area contributed by atoms with Gasteiger partial charge in [0, 0.05) is 45.2 Å². The Morgan fingerprint density at radius 3 is 1.45 bits per heavy atom. The number of fused-ring (bicyclic) bond motifs is 6. The summed E-state index contributed by atoms with van der Waals surface area (Å²) in [6.07, 6.45) is 10.7. The molecule has 4 nitrogen and oxygen atoms in total. The van der Waals surface area contributed by atoms with Crippen LogP contribution in [-0.4, -0.2) is 19.1 Å². The highest BCUT2D eigenvalue weighted by molar-refractivity contribution is 6.12. The van der Waals surface area contributed by atoms with Crippen molar-refractivity contribution in [1.82, 2.24) is 19.1 Å². The molecule has 0 saturated heterocycles. The van der Waals surface area contributed by atoms with Gasteiger partial charge in [-0.1, -0.05) is 135 Å². The first-order valence-electron chi connectivity index (χ1n) is 19.9. The minimum Gasteiger partial charge on any atom is -0.309 e. The van der Waals surface area contributed by atoms with Gasteiger partial charge in [0.25, 0.3) is 0 Å². The zero-order valence-electron chi connectivity index (χ0n) is 31.1. The van der Waals surface area contributed by atoms with Crippen molar-refractivity contribution in [3.63, 3.8) is 0 Å². The molecule has 10 aromatic rings. The predicted molar refractivity (Wildman–Crippen MR) is 233 cm³/mol. The Morgan fingerprint density at radius 2 is 0.839 bits per heavy atom. The van der Waals surface area contributed by atoms with Crippen LogP contribution in [0, 0.1) is 0 Å². The normalized spacial score (nSPS) is 13.6. The molecule has 0 radical (unpaired) electrons. The van der Waals surface area contributed by atoms with Crippen molar-refractivity contribution in [2.24, 2.45) is 0 Å². The highest BCUT2D eigenvalue weighted by atomic mass is 15.1. The maximum Gasteiger partial charge on any atom is 0.234 e. The number of hydrogen-bond acceptors (Lipinski definition) is 2. The number of rotatable bonds is 6. The van der Waals surface area contributed by atoms with Gasteiger partial charge >= 0.3 is 0 Å². The standard InChI is InChI=1S/C52H40N4/c1-3-11-35(12-4-1)36-19-21-37(22-20-36)38-23-25-39(26-24-38)42-33-53-52(54-34-42)56-49-18-10-8-16-45(49)47-32-41(28-30-51(47)56)40-27-29-50-46(31-40)44-15-7-9-17-48(44)55(50)43-13-5-2-6-14-43/h2,5-10,13-35H,1,3-4,11-12H2. The third kappa shape index (κ3) is 5.52. The molecule has 1 aliphatic carbocycles. The van der Waals surface area contributed by atoms with E-state index < -0.39 is 0 Å². The van der Waals surface area contributed by atoms with Crippen molar-refractivity contribution in [2.75, 3.05) is 0 Å². The molecule has 0 bridgehead atoms. The summed E-state index contributed by atoms with van der Waals surface area (Å²) in [7, 11) is 0. The van der Waals surface area contributed by atoms with Gasteiger partial charge in [0.2, 0.25) is 5.95 Å². The molecule has 0 N–H and O–H groups in total. The van der Waals surface area contributed by atoms with Gasteiger partial charge < -0.3 is 4.57 Å². The molecule has 1 saturated carbocycles. The predicted octanol–water partition coefficient (Wildman–Crippen LogP) is 13.7. The van der Waals surface area contributed by atoms with Crippen LogP contribution in [0.1, 0.15) is 43.6 Å². The smallest absolute Gasteiger partial charge is 0.234 e. The summed E-state index contributed by atoms with van der Waals surface area (Å²) in [5.74, 6) is 1.39. The molecule has 3 heterocycles. The quantitative estimate of drug-likeness (QED) is 0.171. The summed E-state index contributed by atoms with van der Waals surface area (Å²) >= 11 is 0. The number of para-hydroxylation sites is 3. The van der Waals surface area contributed by atoms with Crippen LogP contribution in [0.15, 0.2) is 176 Å². The SMILES string of the molecule is c1ccc(-n2c3ccccc3c3cc(-c4ccc5c(c4)c4ccccc4n5-c4ncc(-c5ccc(-c6ccc(C7CCCCC7)cc6)cc5)cn4)ccc32)cc1. The first-order valence-corrected chi connectivity index (χ1v) is 19.9. The van der Waals surface area contributed by atoms with Crippen LogP contribution in [0.2, 0.25) is 0 Å². The Balaban J connectivity index is 0.917. The van der Waals surface area contributed by atoms with Crippen molar-refractivity contribution < 1.29 is 0 Å². The van der Waals surface area contributed by atoms with E-state index in [4.69, 9.17) is 9.97 Å². The van der Waals surface area contributed by atoms with Crippen LogP contribution < -0.4 is 0 Å². The molecule has 7 aromatic carbocycles. The lowest BCUT2D eigenvalue weighted by atomic mass is 9.83. The van der Waals surface area contributed by atoms with Gasteiger partial charge in [0.1, 0.15) is 0 Å². The van der Waals surface area contributed by atoms with E-state index in [1.807, 2.05) is 12.4 Å². The molecule has 0 atom stereocenters. The number of benzene rings is 7. The summed E-state index contributed by atoms with van der Waals surface area (Å²) < 4.78 is 4.55. The summed E-state index contributed by atoms with van der Waals surface area (Å²) in [4.78, 5) is 9.91. The van der Waals surface area contributed by atoms with Crippen LogP contribution in [-0.2, 0) is 0 Å². The second-order valence-corrected chi connectivity index (χ2v) is 15.3.